The van der Waals surface area contributed by atoms with Crippen LogP contribution in [0.25, 0.3) is 0 Å². The Hall–Kier alpha value is -3.07. The molecule has 3 atom stereocenters. The smallest absolute Gasteiger partial charge is 0.306 e. The second-order valence-electron chi connectivity index (χ2n) is 23.2. The summed E-state index contributed by atoms with van der Waals surface area (Å²) in [6, 6.07) is -0.904. The van der Waals surface area contributed by atoms with Gasteiger partial charge in [0, 0.05) is 12.8 Å². The minimum Gasteiger partial charge on any atom is -0.756 e. The zero-order valence-corrected chi connectivity index (χ0v) is 53.7. The van der Waals surface area contributed by atoms with E-state index in [1.54, 1.807) is 0 Å². The second kappa shape index (κ2) is 59.1. The maximum absolute atomic E-state index is 13.6. The lowest BCUT2D eigenvalue weighted by Gasteiger charge is -2.30. The molecule has 0 saturated carbocycles. The van der Waals surface area contributed by atoms with Crippen molar-refractivity contribution in [1.29, 1.82) is 0 Å². The van der Waals surface area contributed by atoms with Gasteiger partial charge < -0.3 is 28.5 Å². The minimum absolute atomic E-state index is 0.0301. The number of carbonyl (C=O) groups excluding carboxylic acids is 2. The van der Waals surface area contributed by atoms with Crippen molar-refractivity contribution in [3.8, 4) is 0 Å². The zero-order valence-electron chi connectivity index (χ0n) is 52.8. The molecule has 0 radical (unpaired) electrons. The number of hydrogen-bond donors (Lipinski definition) is 1. The molecule has 0 bridgehead atoms. The Bertz CT molecular complexity index is 1690. The highest BCUT2D eigenvalue weighted by Gasteiger charge is 2.27. The lowest BCUT2D eigenvalue weighted by atomic mass is 10.0. The van der Waals surface area contributed by atoms with Gasteiger partial charge in [-0.2, -0.15) is 0 Å². The van der Waals surface area contributed by atoms with E-state index in [4.69, 9.17) is 13.8 Å². The van der Waals surface area contributed by atoms with Gasteiger partial charge in [0.1, 0.15) is 19.3 Å². The number of esters is 1. The first-order chi connectivity index (χ1) is 38.9. The van der Waals surface area contributed by atoms with Crippen LogP contribution in [0, 0.1) is 0 Å². The summed E-state index contributed by atoms with van der Waals surface area (Å²) in [5, 5.41) is 3.03. The van der Waals surface area contributed by atoms with Gasteiger partial charge in [-0.05, 0) is 109 Å². The summed E-state index contributed by atoms with van der Waals surface area (Å²) in [5.74, 6) is -0.563. The molecule has 1 N–H and O–H groups in total. The molecular formula is C70H125N2O7P. The molecule has 0 fully saturated rings. The molecule has 1 amide bonds. The number of unbranched alkanes of at least 4 members (excludes halogenated alkanes) is 29. The largest absolute Gasteiger partial charge is 0.756 e. The number of phosphoric ester groups is 1. The van der Waals surface area contributed by atoms with E-state index in [0.29, 0.717) is 17.4 Å². The topological polar surface area (TPSA) is 114 Å². The first-order valence-electron chi connectivity index (χ1n) is 33.0. The molecule has 0 spiro atoms. The molecule has 0 saturated heterocycles. The van der Waals surface area contributed by atoms with E-state index in [1.165, 1.54) is 116 Å². The van der Waals surface area contributed by atoms with Crippen molar-refractivity contribution >= 4 is 19.7 Å². The lowest BCUT2D eigenvalue weighted by molar-refractivity contribution is -0.870. The predicted octanol–water partition coefficient (Wildman–Crippen LogP) is 20.1. The highest BCUT2D eigenvalue weighted by Crippen LogP contribution is 2.38. The van der Waals surface area contributed by atoms with E-state index in [1.807, 2.05) is 33.3 Å². The summed E-state index contributed by atoms with van der Waals surface area (Å²) < 4.78 is 30.4. The summed E-state index contributed by atoms with van der Waals surface area (Å²) in [6.45, 7) is 6.72. The average Bonchev–Trinajstić information content (AvgIpc) is 3.42. The number of ether oxygens (including phenoxy) is 1. The van der Waals surface area contributed by atoms with Crippen LogP contribution in [0.3, 0.4) is 0 Å². The van der Waals surface area contributed by atoms with Crippen LogP contribution in [0.2, 0.25) is 0 Å². The van der Waals surface area contributed by atoms with Crippen LogP contribution in [-0.2, 0) is 27.9 Å². The van der Waals surface area contributed by atoms with Crippen molar-refractivity contribution < 1.29 is 37.3 Å². The highest BCUT2D eigenvalue weighted by atomic mass is 31.2. The molecule has 0 aliphatic rings. The summed E-state index contributed by atoms with van der Waals surface area (Å²) in [5.41, 5.74) is 0. The molecule has 0 aliphatic heterocycles. The highest BCUT2D eigenvalue weighted by molar-refractivity contribution is 7.45. The number of hydrogen-bond acceptors (Lipinski definition) is 7. The number of nitrogens with zero attached hydrogens (tertiary/aromatic N) is 1. The molecule has 0 aromatic carbocycles. The Morgan fingerprint density at radius 1 is 0.450 bits per heavy atom. The fourth-order valence-electron chi connectivity index (χ4n) is 9.17. The number of amides is 1. The number of carbonyl (C=O) groups is 2. The van der Waals surface area contributed by atoms with E-state index >= 15 is 0 Å². The molecule has 462 valence electrons. The first-order valence-corrected chi connectivity index (χ1v) is 34.5. The summed E-state index contributed by atoms with van der Waals surface area (Å²) >= 11 is 0. The molecular weight excluding hydrogens is 1010 g/mol. The third kappa shape index (κ3) is 59.5. The standard InChI is InChI=1S/C70H125N2O7P/c1-7-10-13-16-19-22-25-28-30-32-33-34-35-36-37-38-39-41-42-44-47-50-53-56-59-62-69(73)71-67(66-78-80(75,76)77-65-64-72(4,5)6)68(61-58-55-52-49-46-27-24-21-18-15-12-9-3)79-70(74)63-60-57-54-51-48-45-43-40-31-29-26-23-20-17-14-11-8-2/h10,13,19,22,28-31,33-34,36-37,39,41,58,61,67-68H,7-9,11-12,14-18,20-21,23-27,32,35,38,40,42-57,59-60,62-66H2,1-6H3,(H-,71,73,75,76)/b13-10-,22-19-,30-28-,31-29+,34-33-,37-36-,41-39-,61-58-. The van der Waals surface area contributed by atoms with Crippen molar-refractivity contribution in [1.82, 2.24) is 5.32 Å². The van der Waals surface area contributed by atoms with E-state index in [0.717, 1.165) is 135 Å². The fourth-order valence-corrected chi connectivity index (χ4v) is 9.89. The van der Waals surface area contributed by atoms with Gasteiger partial charge in [0.05, 0.1) is 33.8 Å². The first kappa shape index (κ1) is 76.9. The molecule has 0 aromatic rings. The number of phosphoric acid groups is 1. The van der Waals surface area contributed by atoms with Gasteiger partial charge in [-0.3, -0.25) is 14.2 Å². The van der Waals surface area contributed by atoms with Crippen molar-refractivity contribution in [3.63, 3.8) is 0 Å². The predicted molar refractivity (Wildman–Crippen MR) is 344 cm³/mol. The van der Waals surface area contributed by atoms with Crippen LogP contribution in [0.4, 0.5) is 0 Å². The van der Waals surface area contributed by atoms with Gasteiger partial charge in [0.25, 0.3) is 7.82 Å². The molecule has 9 nitrogen and oxygen atoms in total. The van der Waals surface area contributed by atoms with E-state index in [2.05, 4.69) is 111 Å². The minimum atomic E-state index is -4.71. The lowest BCUT2D eigenvalue weighted by Crippen LogP contribution is -2.47. The van der Waals surface area contributed by atoms with Gasteiger partial charge in [0.15, 0.2) is 0 Å². The summed E-state index contributed by atoms with van der Waals surface area (Å²) in [7, 11) is 1.16. The Kier molecular flexibility index (Phi) is 56.8. The van der Waals surface area contributed by atoms with Crippen LogP contribution in [0.1, 0.15) is 284 Å². The zero-order chi connectivity index (χ0) is 58.6. The molecule has 0 aromatic heterocycles. The molecule has 0 aliphatic carbocycles. The van der Waals surface area contributed by atoms with Crippen molar-refractivity contribution in [3.05, 3.63) is 97.2 Å². The maximum Gasteiger partial charge on any atom is 0.306 e. The molecule has 10 heteroatoms. The van der Waals surface area contributed by atoms with Crippen LogP contribution in [0.15, 0.2) is 97.2 Å². The monoisotopic (exact) mass is 1140 g/mol. The van der Waals surface area contributed by atoms with Gasteiger partial charge in [0.2, 0.25) is 5.91 Å². The fraction of sp³-hybridized carbons (Fsp3) is 0.743. The van der Waals surface area contributed by atoms with E-state index < -0.39 is 26.6 Å². The average molecular weight is 1140 g/mol. The van der Waals surface area contributed by atoms with E-state index in [-0.39, 0.29) is 24.9 Å². The normalized spacial score (nSPS) is 14.2. The number of nitrogens with one attached hydrogen (secondary N) is 1. The van der Waals surface area contributed by atoms with Crippen LogP contribution >= 0.6 is 7.82 Å². The molecule has 80 heavy (non-hydrogen) atoms. The van der Waals surface area contributed by atoms with Crippen LogP contribution in [0.5, 0.6) is 0 Å². The Labute approximate surface area is 494 Å². The van der Waals surface area contributed by atoms with Crippen LogP contribution < -0.4 is 10.2 Å². The van der Waals surface area contributed by atoms with Gasteiger partial charge in [-0.1, -0.05) is 260 Å². The number of likely N-dealkylation sites (N-methyl/N-ethyl adjacent to an activating group) is 1. The third-order valence-electron chi connectivity index (χ3n) is 14.2. The molecule has 3 unspecified atom stereocenters. The molecule has 0 rings (SSSR count). The maximum atomic E-state index is 13.6. The van der Waals surface area contributed by atoms with Crippen LogP contribution in [-0.4, -0.2) is 69.4 Å². The second-order valence-corrected chi connectivity index (χ2v) is 24.6. The summed E-state index contributed by atoms with van der Waals surface area (Å²) in [4.78, 5) is 40.1. The Balaban J connectivity index is 5.20. The SMILES string of the molecule is CC/C=C\C/C=C\C/C=C\C/C=C\C/C=C\C/C=C\CCCCCCCCC(=O)NC(COP(=O)([O-])OCC[N+](C)(C)C)C(/C=C\CCCCCCCCCCCC)OC(=O)CCCCCCCCC/C=C/CCCCCCCC. The van der Waals surface area contributed by atoms with Gasteiger partial charge in [-0.25, -0.2) is 0 Å². The van der Waals surface area contributed by atoms with Crippen molar-refractivity contribution in [2.45, 2.75) is 296 Å². The number of rotatable bonds is 59. The van der Waals surface area contributed by atoms with Crippen molar-refractivity contribution in [2.75, 3.05) is 40.9 Å². The van der Waals surface area contributed by atoms with Crippen molar-refractivity contribution in [2.24, 2.45) is 0 Å². The summed E-state index contributed by atoms with van der Waals surface area (Å²) in [6.07, 6.45) is 79.4. The quantitative estimate of drug-likeness (QED) is 0.0212. The van der Waals surface area contributed by atoms with E-state index in [9.17, 15) is 19.0 Å². The Morgan fingerprint density at radius 2 is 0.800 bits per heavy atom. The Morgan fingerprint density at radius 3 is 1.21 bits per heavy atom. The molecule has 0 heterocycles. The number of allylic oxidation sites excluding steroid dienone is 15. The number of quaternary nitrogens is 1. The van der Waals surface area contributed by atoms with Gasteiger partial charge in [-0.15, -0.1) is 0 Å². The third-order valence-corrected chi connectivity index (χ3v) is 15.2. The van der Waals surface area contributed by atoms with Gasteiger partial charge >= 0.3 is 5.97 Å².